The van der Waals surface area contributed by atoms with Crippen molar-refractivity contribution in [1.82, 2.24) is 5.01 Å². The molecule has 0 aromatic heterocycles. The van der Waals surface area contributed by atoms with E-state index in [4.69, 9.17) is 5.73 Å². The second-order valence-electron chi connectivity index (χ2n) is 3.27. The summed E-state index contributed by atoms with van der Waals surface area (Å²) >= 11 is 0. The Balaban J connectivity index is 2.76. The zero-order valence-corrected chi connectivity index (χ0v) is 6.89. The van der Waals surface area contributed by atoms with Crippen LogP contribution in [-0.2, 0) is 0 Å². The smallest absolute Gasteiger partial charge is 0.0475 e. The third-order valence-corrected chi connectivity index (χ3v) is 2.22. The van der Waals surface area contributed by atoms with E-state index in [2.05, 4.69) is 12.0 Å². The molecule has 1 rings (SSSR count). The maximum Gasteiger partial charge on any atom is 0.0475 e. The Bertz CT molecular complexity index is 164. The van der Waals surface area contributed by atoms with Crippen molar-refractivity contribution in [1.29, 1.82) is 0 Å². The van der Waals surface area contributed by atoms with Crippen LogP contribution in [0.3, 0.4) is 0 Å². The highest BCUT2D eigenvalue weighted by Gasteiger charge is 2.32. The minimum absolute atomic E-state index is 0.120. The van der Waals surface area contributed by atoms with Crippen LogP contribution in [0.15, 0.2) is 5.10 Å². The molecule has 0 aromatic carbocycles. The fourth-order valence-corrected chi connectivity index (χ4v) is 1.24. The number of rotatable bonds is 1. The van der Waals surface area contributed by atoms with Gasteiger partial charge in [-0.25, -0.2) is 0 Å². The molecule has 1 unspecified atom stereocenters. The van der Waals surface area contributed by atoms with Crippen molar-refractivity contribution in [3.05, 3.63) is 0 Å². The standard InChI is InChI=1S/C7H15N3/c1-6-7(2,4-8)5-10(3)9-6/h4-5,8H2,1-3H3. The van der Waals surface area contributed by atoms with Crippen molar-refractivity contribution in [3.63, 3.8) is 0 Å². The first-order valence-corrected chi connectivity index (χ1v) is 3.55. The summed E-state index contributed by atoms with van der Waals surface area (Å²) in [5.41, 5.74) is 6.88. The van der Waals surface area contributed by atoms with Crippen LogP contribution in [0.2, 0.25) is 0 Å². The molecular formula is C7H15N3. The third kappa shape index (κ3) is 1.01. The highest BCUT2D eigenvalue weighted by molar-refractivity contribution is 5.89. The molecule has 1 aliphatic rings. The second-order valence-corrected chi connectivity index (χ2v) is 3.27. The van der Waals surface area contributed by atoms with Gasteiger partial charge in [0.25, 0.3) is 0 Å². The molecule has 1 heterocycles. The van der Waals surface area contributed by atoms with E-state index in [0.717, 1.165) is 12.3 Å². The summed E-state index contributed by atoms with van der Waals surface area (Å²) in [6.07, 6.45) is 0. The van der Waals surface area contributed by atoms with Crippen molar-refractivity contribution in [3.8, 4) is 0 Å². The summed E-state index contributed by atoms with van der Waals surface area (Å²) in [4.78, 5) is 0. The Morgan fingerprint density at radius 1 is 1.80 bits per heavy atom. The van der Waals surface area contributed by atoms with Gasteiger partial charge in [0.05, 0.1) is 0 Å². The highest BCUT2D eigenvalue weighted by Crippen LogP contribution is 2.24. The Morgan fingerprint density at radius 3 is 2.60 bits per heavy atom. The molecular weight excluding hydrogens is 126 g/mol. The topological polar surface area (TPSA) is 41.6 Å². The number of hydrogen-bond acceptors (Lipinski definition) is 3. The first-order valence-electron chi connectivity index (χ1n) is 3.55. The van der Waals surface area contributed by atoms with Crippen LogP contribution >= 0.6 is 0 Å². The molecule has 0 amide bonds. The Hall–Kier alpha value is -0.570. The van der Waals surface area contributed by atoms with Crippen LogP contribution < -0.4 is 5.73 Å². The molecule has 0 aliphatic carbocycles. The first kappa shape index (κ1) is 7.54. The molecule has 1 atom stereocenters. The van der Waals surface area contributed by atoms with Crippen molar-refractivity contribution < 1.29 is 0 Å². The quantitative estimate of drug-likeness (QED) is 0.569. The summed E-state index contributed by atoms with van der Waals surface area (Å²) < 4.78 is 0. The van der Waals surface area contributed by atoms with Gasteiger partial charge >= 0.3 is 0 Å². The zero-order chi connectivity index (χ0) is 7.78. The predicted octanol–water partition coefficient (Wildman–Crippen LogP) is 0.273. The fourth-order valence-electron chi connectivity index (χ4n) is 1.24. The SMILES string of the molecule is CC1=NN(C)CC1(C)CN. The monoisotopic (exact) mass is 141 g/mol. The molecule has 0 bridgehead atoms. The lowest BCUT2D eigenvalue weighted by atomic mass is 9.87. The Labute approximate surface area is 61.9 Å². The average molecular weight is 141 g/mol. The van der Waals surface area contributed by atoms with E-state index >= 15 is 0 Å². The van der Waals surface area contributed by atoms with Gasteiger partial charge in [-0.2, -0.15) is 5.10 Å². The largest absolute Gasteiger partial charge is 0.329 e. The van der Waals surface area contributed by atoms with E-state index in [1.165, 1.54) is 0 Å². The Kier molecular flexibility index (Phi) is 1.68. The Morgan fingerprint density at radius 2 is 2.40 bits per heavy atom. The van der Waals surface area contributed by atoms with Crippen LogP contribution in [0.1, 0.15) is 13.8 Å². The van der Waals surface area contributed by atoms with Gasteiger partial charge < -0.3 is 5.73 Å². The molecule has 0 aromatic rings. The van der Waals surface area contributed by atoms with Crippen molar-refractivity contribution >= 4 is 5.71 Å². The van der Waals surface area contributed by atoms with Crippen molar-refractivity contribution in [2.45, 2.75) is 13.8 Å². The second kappa shape index (κ2) is 2.23. The van der Waals surface area contributed by atoms with Gasteiger partial charge in [0.15, 0.2) is 0 Å². The van der Waals surface area contributed by atoms with E-state index in [-0.39, 0.29) is 5.41 Å². The lowest BCUT2D eigenvalue weighted by Crippen LogP contribution is -2.36. The maximum absolute atomic E-state index is 5.61. The van der Waals surface area contributed by atoms with Gasteiger partial charge in [-0.1, -0.05) is 6.92 Å². The minimum atomic E-state index is 0.120. The normalized spacial score (nSPS) is 32.8. The predicted molar refractivity (Wildman–Crippen MR) is 42.9 cm³/mol. The van der Waals surface area contributed by atoms with E-state index in [0.29, 0.717) is 6.54 Å². The maximum atomic E-state index is 5.61. The summed E-state index contributed by atoms with van der Waals surface area (Å²) in [5, 5.41) is 6.23. The van der Waals surface area contributed by atoms with Gasteiger partial charge in [-0.05, 0) is 6.92 Å². The van der Waals surface area contributed by atoms with E-state index in [1.807, 2.05) is 19.0 Å². The molecule has 0 fully saturated rings. The number of nitrogens with zero attached hydrogens (tertiary/aromatic N) is 2. The van der Waals surface area contributed by atoms with Crippen LogP contribution in [0.4, 0.5) is 0 Å². The summed E-state index contributed by atoms with van der Waals surface area (Å²) in [6, 6.07) is 0. The molecule has 58 valence electrons. The number of nitrogens with two attached hydrogens (primary N) is 1. The number of hydrazone groups is 1. The molecule has 0 radical (unpaired) electrons. The van der Waals surface area contributed by atoms with E-state index in [1.54, 1.807) is 0 Å². The van der Waals surface area contributed by atoms with E-state index < -0.39 is 0 Å². The summed E-state index contributed by atoms with van der Waals surface area (Å²) in [5.74, 6) is 0. The molecule has 0 saturated heterocycles. The highest BCUT2D eigenvalue weighted by atomic mass is 15.5. The van der Waals surface area contributed by atoms with Crippen LogP contribution in [0.25, 0.3) is 0 Å². The molecule has 0 spiro atoms. The zero-order valence-electron chi connectivity index (χ0n) is 6.89. The molecule has 1 aliphatic heterocycles. The molecule has 0 saturated carbocycles. The van der Waals surface area contributed by atoms with Crippen molar-refractivity contribution in [2.24, 2.45) is 16.3 Å². The molecule has 3 heteroatoms. The summed E-state index contributed by atoms with van der Waals surface area (Å²) in [7, 11) is 1.98. The summed E-state index contributed by atoms with van der Waals surface area (Å²) in [6.45, 7) is 5.83. The molecule has 2 N–H and O–H groups in total. The fraction of sp³-hybridized carbons (Fsp3) is 0.857. The molecule has 10 heavy (non-hydrogen) atoms. The number of hydrogen-bond donors (Lipinski definition) is 1. The van der Waals surface area contributed by atoms with Crippen LogP contribution in [0.5, 0.6) is 0 Å². The lowest BCUT2D eigenvalue weighted by Gasteiger charge is -2.21. The van der Waals surface area contributed by atoms with E-state index in [9.17, 15) is 0 Å². The van der Waals surface area contributed by atoms with Crippen LogP contribution in [-0.4, -0.2) is 30.9 Å². The first-order chi connectivity index (χ1) is 4.58. The lowest BCUT2D eigenvalue weighted by molar-refractivity contribution is 0.308. The van der Waals surface area contributed by atoms with Gasteiger partial charge in [0, 0.05) is 31.3 Å². The third-order valence-electron chi connectivity index (χ3n) is 2.22. The van der Waals surface area contributed by atoms with Crippen LogP contribution in [0, 0.1) is 5.41 Å². The van der Waals surface area contributed by atoms with Crippen molar-refractivity contribution in [2.75, 3.05) is 20.1 Å². The van der Waals surface area contributed by atoms with Gasteiger partial charge in [0.1, 0.15) is 0 Å². The molecule has 3 nitrogen and oxygen atoms in total. The minimum Gasteiger partial charge on any atom is -0.329 e. The average Bonchev–Trinajstić information content (AvgIpc) is 2.09. The van der Waals surface area contributed by atoms with Gasteiger partial charge in [0.2, 0.25) is 0 Å². The van der Waals surface area contributed by atoms with Gasteiger partial charge in [-0.15, -0.1) is 0 Å². The van der Waals surface area contributed by atoms with Gasteiger partial charge in [-0.3, -0.25) is 5.01 Å².